The maximum Gasteiger partial charge on any atom is 0.316 e. The summed E-state index contributed by atoms with van der Waals surface area (Å²) < 4.78 is 31.4. The van der Waals surface area contributed by atoms with Crippen LogP contribution in [0, 0.1) is 0 Å². The number of nitrogens with zero attached hydrogens (tertiary/aromatic N) is 1. The van der Waals surface area contributed by atoms with Crippen LogP contribution in [0.5, 0.6) is 0 Å². The molecular weight excluding hydrogens is 378 g/mol. The van der Waals surface area contributed by atoms with E-state index < -0.39 is 21.3 Å². The number of hydrogen-bond donors (Lipinski definition) is 0. The number of esters is 1. The lowest BCUT2D eigenvalue weighted by molar-refractivity contribution is -0.150. The number of hydrogen-bond acceptors (Lipinski definition) is 5. The summed E-state index contributed by atoms with van der Waals surface area (Å²) in [6.45, 7) is -0.348. The van der Waals surface area contributed by atoms with Crippen LogP contribution in [0.3, 0.4) is 0 Å². The predicted molar refractivity (Wildman–Crippen MR) is 102 cm³/mol. The third-order valence-corrected chi connectivity index (χ3v) is 7.45. The Morgan fingerprint density at radius 1 is 1.00 bits per heavy atom. The molecule has 1 amide bonds. The highest BCUT2D eigenvalue weighted by molar-refractivity contribution is 7.90. The second-order valence-electron chi connectivity index (χ2n) is 7.17. The van der Waals surface area contributed by atoms with E-state index in [9.17, 15) is 18.0 Å². The van der Waals surface area contributed by atoms with Gasteiger partial charge in [-0.05, 0) is 30.5 Å². The van der Waals surface area contributed by atoms with Crippen LogP contribution in [0.4, 0.5) is 0 Å². The van der Waals surface area contributed by atoms with Gasteiger partial charge in [-0.15, -0.1) is 0 Å². The van der Waals surface area contributed by atoms with Crippen molar-refractivity contribution in [2.45, 2.75) is 36.0 Å². The molecule has 6 nitrogen and oxygen atoms in total. The normalized spacial score (nSPS) is 19.4. The van der Waals surface area contributed by atoms with E-state index in [0.29, 0.717) is 12.8 Å². The monoisotopic (exact) mass is 399 g/mol. The fourth-order valence-electron chi connectivity index (χ4n) is 4.16. The van der Waals surface area contributed by atoms with E-state index in [0.717, 1.165) is 22.7 Å². The molecule has 1 aliphatic heterocycles. The van der Waals surface area contributed by atoms with Crippen molar-refractivity contribution >= 4 is 21.9 Å². The molecule has 28 heavy (non-hydrogen) atoms. The van der Waals surface area contributed by atoms with E-state index in [1.54, 1.807) is 12.1 Å². The standard InChI is InChI=1S/C21H21NO5S/c23-19-17-10-4-5-11-18(17)28(25,26)22(19)14-15-27-20(24)21(12-6-7-13-21)16-8-2-1-3-9-16/h1-5,8-11H,6-7,12-15H2. The number of ether oxygens (including phenoxy) is 1. The molecule has 0 spiro atoms. The van der Waals surface area contributed by atoms with Gasteiger partial charge in [0.1, 0.15) is 11.5 Å². The summed E-state index contributed by atoms with van der Waals surface area (Å²) in [4.78, 5) is 25.4. The van der Waals surface area contributed by atoms with E-state index in [2.05, 4.69) is 0 Å². The fourth-order valence-corrected chi connectivity index (χ4v) is 5.71. The Bertz CT molecular complexity index is 1010. The molecule has 1 heterocycles. The van der Waals surface area contributed by atoms with Crippen molar-refractivity contribution in [3.8, 4) is 0 Å². The highest BCUT2D eigenvalue weighted by atomic mass is 32.2. The summed E-state index contributed by atoms with van der Waals surface area (Å²) in [6.07, 6.45) is 3.31. The lowest BCUT2D eigenvalue weighted by atomic mass is 9.79. The Balaban J connectivity index is 1.47. The summed E-state index contributed by atoms with van der Waals surface area (Å²) >= 11 is 0. The molecule has 2 aliphatic rings. The highest BCUT2D eigenvalue weighted by Crippen LogP contribution is 2.42. The molecule has 2 aromatic rings. The third-order valence-electron chi connectivity index (χ3n) is 5.61. The van der Waals surface area contributed by atoms with Crippen molar-refractivity contribution in [1.29, 1.82) is 0 Å². The van der Waals surface area contributed by atoms with Gasteiger partial charge >= 0.3 is 5.97 Å². The van der Waals surface area contributed by atoms with Crippen LogP contribution < -0.4 is 0 Å². The average Bonchev–Trinajstić information content (AvgIpc) is 3.28. The number of amides is 1. The first-order chi connectivity index (χ1) is 13.5. The van der Waals surface area contributed by atoms with Gasteiger partial charge in [-0.2, -0.15) is 0 Å². The molecule has 0 atom stereocenters. The Morgan fingerprint density at radius 3 is 2.32 bits per heavy atom. The number of sulfonamides is 1. The fraction of sp³-hybridized carbons (Fsp3) is 0.333. The quantitative estimate of drug-likeness (QED) is 0.722. The molecule has 1 aliphatic carbocycles. The van der Waals surface area contributed by atoms with Gasteiger partial charge in [0, 0.05) is 0 Å². The SMILES string of the molecule is O=C1c2ccccc2S(=O)(=O)N1CCOC(=O)C1(c2ccccc2)CCCC1. The van der Waals surface area contributed by atoms with Crippen molar-refractivity contribution in [3.05, 3.63) is 65.7 Å². The zero-order chi connectivity index (χ0) is 19.8. The highest BCUT2D eigenvalue weighted by Gasteiger charge is 2.45. The van der Waals surface area contributed by atoms with Crippen LogP contribution >= 0.6 is 0 Å². The van der Waals surface area contributed by atoms with Gasteiger partial charge in [-0.1, -0.05) is 55.3 Å². The first kappa shape index (κ1) is 18.7. The van der Waals surface area contributed by atoms with Gasteiger partial charge in [0.15, 0.2) is 0 Å². The molecule has 0 N–H and O–H groups in total. The van der Waals surface area contributed by atoms with Crippen molar-refractivity contribution in [3.63, 3.8) is 0 Å². The van der Waals surface area contributed by atoms with Crippen molar-refractivity contribution in [1.82, 2.24) is 4.31 Å². The Morgan fingerprint density at radius 2 is 1.64 bits per heavy atom. The van der Waals surface area contributed by atoms with E-state index in [4.69, 9.17) is 4.74 Å². The molecule has 0 radical (unpaired) electrons. The van der Waals surface area contributed by atoms with Crippen LogP contribution in [0.2, 0.25) is 0 Å². The minimum Gasteiger partial charge on any atom is -0.463 e. The van der Waals surface area contributed by atoms with Crippen LogP contribution in [0.1, 0.15) is 41.6 Å². The molecule has 1 fully saturated rings. The number of rotatable bonds is 5. The lowest BCUT2D eigenvalue weighted by Crippen LogP contribution is -2.38. The van der Waals surface area contributed by atoms with Crippen molar-refractivity contribution < 1.29 is 22.7 Å². The summed E-state index contributed by atoms with van der Waals surface area (Å²) in [5.41, 5.74) is 0.401. The largest absolute Gasteiger partial charge is 0.463 e. The molecular formula is C21H21NO5S. The van der Waals surface area contributed by atoms with Gasteiger partial charge < -0.3 is 4.74 Å². The van der Waals surface area contributed by atoms with E-state index in [1.165, 1.54) is 12.1 Å². The zero-order valence-electron chi connectivity index (χ0n) is 15.3. The minimum atomic E-state index is -3.89. The Labute approximate surface area is 164 Å². The van der Waals surface area contributed by atoms with Gasteiger partial charge in [-0.3, -0.25) is 9.59 Å². The van der Waals surface area contributed by atoms with Crippen LogP contribution in [0.25, 0.3) is 0 Å². The number of carbonyl (C=O) groups excluding carboxylic acids is 2. The summed E-state index contributed by atoms with van der Waals surface area (Å²) in [6, 6.07) is 15.7. The van der Waals surface area contributed by atoms with E-state index in [1.807, 2.05) is 30.3 Å². The first-order valence-electron chi connectivity index (χ1n) is 9.36. The maximum absolute atomic E-state index is 12.9. The number of benzene rings is 2. The van der Waals surface area contributed by atoms with Gasteiger partial charge in [0.2, 0.25) is 0 Å². The molecule has 0 saturated heterocycles. The molecule has 0 unspecified atom stereocenters. The maximum atomic E-state index is 12.9. The zero-order valence-corrected chi connectivity index (χ0v) is 16.2. The van der Waals surface area contributed by atoms with Gasteiger partial charge in [-0.25, -0.2) is 12.7 Å². The minimum absolute atomic E-state index is 0.00266. The van der Waals surface area contributed by atoms with Crippen LogP contribution in [-0.4, -0.2) is 37.8 Å². The second-order valence-corrected chi connectivity index (χ2v) is 9.00. The Hall–Kier alpha value is -2.67. The molecule has 1 saturated carbocycles. The molecule has 2 aromatic carbocycles. The smallest absolute Gasteiger partial charge is 0.316 e. The van der Waals surface area contributed by atoms with Crippen molar-refractivity contribution in [2.24, 2.45) is 0 Å². The topological polar surface area (TPSA) is 80.8 Å². The van der Waals surface area contributed by atoms with Crippen LogP contribution in [0.15, 0.2) is 59.5 Å². The van der Waals surface area contributed by atoms with Crippen LogP contribution in [-0.2, 0) is 25.0 Å². The Kier molecular flexibility index (Phi) is 4.71. The van der Waals surface area contributed by atoms with E-state index in [-0.39, 0.29) is 29.6 Å². The molecule has 4 rings (SSSR count). The summed E-state index contributed by atoms with van der Waals surface area (Å²) in [7, 11) is -3.89. The average molecular weight is 399 g/mol. The first-order valence-corrected chi connectivity index (χ1v) is 10.8. The number of fused-ring (bicyclic) bond motifs is 1. The molecule has 146 valence electrons. The lowest BCUT2D eigenvalue weighted by Gasteiger charge is -2.27. The summed E-state index contributed by atoms with van der Waals surface area (Å²) in [5, 5.41) is 0. The summed E-state index contributed by atoms with van der Waals surface area (Å²) in [5.74, 6) is -0.928. The second kappa shape index (κ2) is 7.05. The van der Waals surface area contributed by atoms with E-state index >= 15 is 0 Å². The molecule has 7 heteroatoms. The van der Waals surface area contributed by atoms with Gasteiger partial charge in [0.25, 0.3) is 15.9 Å². The van der Waals surface area contributed by atoms with Gasteiger partial charge in [0.05, 0.1) is 17.5 Å². The third kappa shape index (κ3) is 2.90. The molecule has 0 bridgehead atoms. The number of carbonyl (C=O) groups is 2. The predicted octanol–water partition coefficient (Wildman–Crippen LogP) is 2.89. The van der Waals surface area contributed by atoms with Crippen molar-refractivity contribution in [2.75, 3.05) is 13.2 Å². The molecule has 0 aromatic heterocycles.